The monoisotopic (exact) mass is 288 g/mol. The topological polar surface area (TPSA) is 96.4 Å². The van der Waals surface area contributed by atoms with E-state index >= 15 is 0 Å². The fourth-order valence-electron chi connectivity index (χ4n) is 2.12. The molecule has 8 nitrogen and oxygen atoms in total. The molecule has 0 aromatic heterocycles. The molecular formula is C12H24N4O4. The summed E-state index contributed by atoms with van der Waals surface area (Å²) in [5.74, 6) is 0. The van der Waals surface area contributed by atoms with Crippen molar-refractivity contribution in [2.75, 3.05) is 52.9 Å². The summed E-state index contributed by atoms with van der Waals surface area (Å²) in [7, 11) is 2.00. The van der Waals surface area contributed by atoms with E-state index in [9.17, 15) is 9.59 Å². The average molecular weight is 288 g/mol. The van der Waals surface area contributed by atoms with Gasteiger partial charge in [-0.05, 0) is 14.0 Å². The summed E-state index contributed by atoms with van der Waals surface area (Å²) >= 11 is 0. The lowest BCUT2D eigenvalue weighted by Crippen LogP contribution is -2.51. The molecule has 0 aromatic rings. The summed E-state index contributed by atoms with van der Waals surface area (Å²) in [6, 6.07) is 0.117. The van der Waals surface area contributed by atoms with E-state index in [1.54, 1.807) is 0 Å². The third kappa shape index (κ3) is 5.22. The molecule has 3 N–H and O–H groups in total. The second-order valence-electron chi connectivity index (χ2n) is 5.10. The van der Waals surface area contributed by atoms with E-state index in [1.165, 1.54) is 9.80 Å². The predicted molar refractivity (Wildman–Crippen MR) is 74.2 cm³/mol. The number of likely N-dealkylation sites (N-methyl/N-ethyl adjacent to an activating group) is 1. The van der Waals surface area contributed by atoms with Gasteiger partial charge in [-0.2, -0.15) is 0 Å². The fourth-order valence-corrected chi connectivity index (χ4v) is 2.12. The van der Waals surface area contributed by atoms with Crippen LogP contribution in [0.25, 0.3) is 0 Å². The molecule has 2 aliphatic rings. The van der Waals surface area contributed by atoms with Gasteiger partial charge in [0.1, 0.15) is 0 Å². The Morgan fingerprint density at radius 3 is 2.05 bits per heavy atom. The Hall–Kier alpha value is -1.54. The molecule has 20 heavy (non-hydrogen) atoms. The minimum Gasteiger partial charge on any atom is -0.465 e. The van der Waals surface area contributed by atoms with Gasteiger partial charge in [0, 0.05) is 51.9 Å². The van der Waals surface area contributed by atoms with Gasteiger partial charge in [0.25, 0.3) is 0 Å². The lowest BCUT2D eigenvalue weighted by atomic mass is 10.2. The Balaban J connectivity index is 0.000000200. The van der Waals surface area contributed by atoms with Crippen LogP contribution in [0.4, 0.5) is 9.59 Å². The number of hydrogen-bond acceptors (Lipinski definition) is 4. The number of carbonyl (C=O) groups is 2. The molecule has 2 rings (SSSR count). The maximum absolute atomic E-state index is 10.5. The molecule has 2 aliphatic heterocycles. The van der Waals surface area contributed by atoms with Crippen molar-refractivity contribution >= 4 is 12.2 Å². The van der Waals surface area contributed by atoms with E-state index in [0.717, 1.165) is 26.2 Å². The molecule has 0 spiro atoms. The van der Waals surface area contributed by atoms with Crippen LogP contribution < -0.4 is 5.32 Å². The van der Waals surface area contributed by atoms with Crippen LogP contribution in [0.1, 0.15) is 6.92 Å². The Labute approximate surface area is 118 Å². The van der Waals surface area contributed by atoms with Gasteiger partial charge in [0.05, 0.1) is 0 Å². The van der Waals surface area contributed by atoms with Crippen LogP contribution in [-0.4, -0.2) is 96.0 Å². The maximum atomic E-state index is 10.5. The number of nitrogens with zero attached hydrogens (tertiary/aromatic N) is 3. The molecule has 2 saturated heterocycles. The summed E-state index contributed by atoms with van der Waals surface area (Å²) in [5.41, 5.74) is 0. The summed E-state index contributed by atoms with van der Waals surface area (Å²) in [4.78, 5) is 25.9. The van der Waals surface area contributed by atoms with Crippen LogP contribution in [0.15, 0.2) is 0 Å². The van der Waals surface area contributed by atoms with Crippen molar-refractivity contribution in [1.29, 1.82) is 0 Å². The van der Waals surface area contributed by atoms with Gasteiger partial charge in [0.2, 0.25) is 0 Å². The molecule has 1 atom stereocenters. The minimum atomic E-state index is -0.811. The standard InChI is InChI=1S/2C6H12N2O2/c1-7-2-4-8(5-3-7)6(9)10;1-5-4-7-2-3-8(5)6(9)10/h2-5H2,1H3,(H,9,10);5,7H,2-4H2,1H3,(H,9,10)/t;5-/m.1/s1. The van der Waals surface area contributed by atoms with E-state index in [2.05, 4.69) is 10.2 Å². The zero-order valence-corrected chi connectivity index (χ0v) is 12.1. The Bertz CT molecular complexity index is 331. The molecule has 0 saturated carbocycles. The van der Waals surface area contributed by atoms with Crippen LogP contribution in [0.2, 0.25) is 0 Å². The normalized spacial score (nSPS) is 23.8. The summed E-state index contributed by atoms with van der Waals surface area (Å²) in [6.07, 6.45) is -1.61. The second-order valence-corrected chi connectivity index (χ2v) is 5.10. The number of hydrogen-bond donors (Lipinski definition) is 3. The van der Waals surface area contributed by atoms with Crippen molar-refractivity contribution in [3.8, 4) is 0 Å². The van der Waals surface area contributed by atoms with Crippen LogP contribution in [0.3, 0.4) is 0 Å². The SMILES string of the molecule is CN1CCN(C(=O)O)CC1.C[C@@H]1CNCCN1C(=O)O. The molecule has 0 bridgehead atoms. The van der Waals surface area contributed by atoms with Crippen molar-refractivity contribution < 1.29 is 19.8 Å². The molecule has 0 radical (unpaired) electrons. The zero-order valence-electron chi connectivity index (χ0n) is 12.1. The van der Waals surface area contributed by atoms with Crippen molar-refractivity contribution in [1.82, 2.24) is 20.0 Å². The third-order valence-electron chi connectivity index (χ3n) is 3.52. The van der Waals surface area contributed by atoms with Crippen molar-refractivity contribution in [2.45, 2.75) is 13.0 Å². The lowest BCUT2D eigenvalue weighted by molar-refractivity contribution is 0.114. The van der Waals surface area contributed by atoms with Crippen LogP contribution in [-0.2, 0) is 0 Å². The third-order valence-corrected chi connectivity index (χ3v) is 3.52. The van der Waals surface area contributed by atoms with E-state index in [1.807, 2.05) is 14.0 Å². The van der Waals surface area contributed by atoms with Crippen molar-refractivity contribution in [3.05, 3.63) is 0 Å². The molecule has 8 heteroatoms. The van der Waals surface area contributed by atoms with Crippen LogP contribution in [0.5, 0.6) is 0 Å². The second kappa shape index (κ2) is 7.91. The van der Waals surface area contributed by atoms with Gasteiger partial charge in [-0.15, -0.1) is 0 Å². The van der Waals surface area contributed by atoms with Crippen LogP contribution >= 0.6 is 0 Å². The summed E-state index contributed by atoms with van der Waals surface area (Å²) in [6.45, 7) is 7.05. The van der Waals surface area contributed by atoms with Gasteiger partial charge < -0.3 is 30.2 Å². The first-order valence-electron chi connectivity index (χ1n) is 6.78. The molecular weight excluding hydrogens is 264 g/mol. The molecule has 2 fully saturated rings. The van der Waals surface area contributed by atoms with E-state index in [0.29, 0.717) is 19.6 Å². The summed E-state index contributed by atoms with van der Waals surface area (Å²) in [5, 5.41) is 20.3. The molecule has 2 amide bonds. The number of amides is 2. The first-order valence-corrected chi connectivity index (χ1v) is 6.78. The van der Waals surface area contributed by atoms with Gasteiger partial charge >= 0.3 is 12.2 Å². The molecule has 0 unspecified atom stereocenters. The maximum Gasteiger partial charge on any atom is 0.407 e. The highest BCUT2D eigenvalue weighted by atomic mass is 16.4. The number of nitrogens with one attached hydrogen (secondary N) is 1. The molecule has 116 valence electrons. The highest BCUT2D eigenvalue weighted by Gasteiger charge is 2.21. The van der Waals surface area contributed by atoms with E-state index in [4.69, 9.17) is 10.2 Å². The predicted octanol–water partition coefficient (Wildman–Crippen LogP) is -0.130. The first-order chi connectivity index (χ1) is 9.41. The summed E-state index contributed by atoms with van der Waals surface area (Å²) < 4.78 is 0. The Morgan fingerprint density at radius 1 is 1.05 bits per heavy atom. The van der Waals surface area contributed by atoms with Gasteiger partial charge in [-0.25, -0.2) is 9.59 Å². The van der Waals surface area contributed by atoms with Gasteiger partial charge in [-0.3, -0.25) is 0 Å². The zero-order chi connectivity index (χ0) is 15.1. The van der Waals surface area contributed by atoms with Crippen LogP contribution in [0, 0.1) is 0 Å². The van der Waals surface area contributed by atoms with Gasteiger partial charge in [-0.1, -0.05) is 0 Å². The van der Waals surface area contributed by atoms with Crippen molar-refractivity contribution in [3.63, 3.8) is 0 Å². The molecule has 0 aromatic carbocycles. The molecule has 0 aliphatic carbocycles. The average Bonchev–Trinajstić information content (AvgIpc) is 2.40. The van der Waals surface area contributed by atoms with Gasteiger partial charge in [0.15, 0.2) is 0 Å². The lowest BCUT2D eigenvalue weighted by Gasteiger charge is -2.31. The smallest absolute Gasteiger partial charge is 0.407 e. The highest BCUT2D eigenvalue weighted by Crippen LogP contribution is 2.01. The number of piperazine rings is 2. The largest absolute Gasteiger partial charge is 0.465 e. The van der Waals surface area contributed by atoms with E-state index in [-0.39, 0.29) is 6.04 Å². The van der Waals surface area contributed by atoms with Crippen molar-refractivity contribution in [2.24, 2.45) is 0 Å². The Morgan fingerprint density at radius 2 is 1.65 bits per heavy atom. The quantitative estimate of drug-likeness (QED) is 0.574. The highest BCUT2D eigenvalue weighted by molar-refractivity contribution is 5.65. The molecule has 2 heterocycles. The fraction of sp³-hybridized carbons (Fsp3) is 0.833. The number of carboxylic acid groups (broad SMARTS) is 2. The Kier molecular flexibility index (Phi) is 6.53. The first kappa shape index (κ1) is 16.5. The minimum absolute atomic E-state index is 0.117. The van der Waals surface area contributed by atoms with E-state index < -0.39 is 12.2 Å². The number of rotatable bonds is 0.